The Morgan fingerprint density at radius 3 is 2.46 bits per heavy atom. The summed E-state index contributed by atoms with van der Waals surface area (Å²) in [5.74, 6) is 0.302. The van der Waals surface area contributed by atoms with Crippen molar-refractivity contribution in [3.63, 3.8) is 0 Å². The minimum atomic E-state index is -0.205. The van der Waals surface area contributed by atoms with Crippen LogP contribution in [0.4, 0.5) is 0 Å². The maximum absolute atomic E-state index is 13.2. The molecule has 0 unspecified atom stereocenters. The highest BCUT2D eigenvalue weighted by Gasteiger charge is 2.45. The quantitative estimate of drug-likeness (QED) is 0.882. The molecule has 1 aliphatic carbocycles. The summed E-state index contributed by atoms with van der Waals surface area (Å²) in [6.45, 7) is 6.06. The molecule has 0 aromatic heterocycles. The Bertz CT molecular complexity index is 618. The topological polar surface area (TPSA) is 35.6 Å². The fourth-order valence-electron chi connectivity index (χ4n) is 5.21. The number of hydrogen-bond donors (Lipinski definition) is 1. The van der Waals surface area contributed by atoms with Gasteiger partial charge in [-0.15, -0.1) is 0 Å². The van der Waals surface area contributed by atoms with Crippen molar-refractivity contribution in [2.45, 2.75) is 63.5 Å². The van der Waals surface area contributed by atoms with Crippen LogP contribution in [0.2, 0.25) is 0 Å². The fourth-order valence-corrected chi connectivity index (χ4v) is 5.21. The Hall–Kier alpha value is -1.39. The molecule has 1 amide bonds. The number of nitrogens with zero attached hydrogens (tertiary/aromatic N) is 2. The van der Waals surface area contributed by atoms with Gasteiger partial charge in [0.1, 0.15) is 5.54 Å². The van der Waals surface area contributed by atoms with E-state index in [4.69, 9.17) is 0 Å². The Morgan fingerprint density at radius 2 is 1.69 bits per heavy atom. The van der Waals surface area contributed by atoms with E-state index in [9.17, 15) is 4.79 Å². The van der Waals surface area contributed by atoms with Gasteiger partial charge in [-0.3, -0.25) is 14.6 Å². The van der Waals surface area contributed by atoms with E-state index in [2.05, 4.69) is 39.4 Å². The van der Waals surface area contributed by atoms with Crippen LogP contribution in [0.25, 0.3) is 0 Å². The van der Waals surface area contributed by atoms with E-state index >= 15 is 0 Å². The van der Waals surface area contributed by atoms with Gasteiger partial charge in [-0.05, 0) is 56.3 Å². The number of amides is 1. The molecule has 142 valence electrons. The van der Waals surface area contributed by atoms with Crippen LogP contribution in [-0.2, 0) is 17.8 Å². The van der Waals surface area contributed by atoms with Gasteiger partial charge >= 0.3 is 0 Å². The van der Waals surface area contributed by atoms with Gasteiger partial charge in [-0.25, -0.2) is 0 Å². The SMILES string of the molecule is O=C(NCCN1CCc2ccccc2C1)C1(N2CCCC2)CCCCC1. The highest BCUT2D eigenvalue weighted by molar-refractivity contribution is 5.86. The first-order chi connectivity index (χ1) is 12.8. The van der Waals surface area contributed by atoms with Crippen LogP contribution in [0.1, 0.15) is 56.1 Å². The molecule has 1 saturated heterocycles. The molecule has 1 saturated carbocycles. The molecule has 1 aromatic rings. The first-order valence-electron chi connectivity index (χ1n) is 10.6. The van der Waals surface area contributed by atoms with E-state index in [0.29, 0.717) is 5.91 Å². The van der Waals surface area contributed by atoms with Crippen molar-refractivity contribution in [3.05, 3.63) is 35.4 Å². The number of carbonyl (C=O) groups is 1. The third kappa shape index (κ3) is 3.67. The predicted molar refractivity (Wildman–Crippen MR) is 105 cm³/mol. The van der Waals surface area contributed by atoms with Gasteiger partial charge in [0.05, 0.1) is 0 Å². The highest BCUT2D eigenvalue weighted by Crippen LogP contribution is 2.36. The largest absolute Gasteiger partial charge is 0.353 e. The number of likely N-dealkylation sites (tertiary alicyclic amines) is 1. The van der Waals surface area contributed by atoms with Crippen molar-refractivity contribution < 1.29 is 4.79 Å². The lowest BCUT2D eigenvalue weighted by Gasteiger charge is -2.43. The molecule has 4 rings (SSSR count). The van der Waals surface area contributed by atoms with E-state index in [0.717, 1.165) is 58.5 Å². The van der Waals surface area contributed by atoms with Crippen LogP contribution in [0, 0.1) is 0 Å². The summed E-state index contributed by atoms with van der Waals surface area (Å²) in [4.78, 5) is 18.2. The first kappa shape index (κ1) is 18.0. The molecule has 3 aliphatic rings. The van der Waals surface area contributed by atoms with Crippen LogP contribution in [0.3, 0.4) is 0 Å². The second kappa shape index (κ2) is 8.10. The van der Waals surface area contributed by atoms with Gasteiger partial charge in [-0.2, -0.15) is 0 Å². The zero-order valence-electron chi connectivity index (χ0n) is 16.0. The predicted octanol–water partition coefficient (Wildman–Crippen LogP) is 2.96. The molecule has 0 atom stereocenters. The summed E-state index contributed by atoms with van der Waals surface area (Å²) in [7, 11) is 0. The average molecular weight is 356 g/mol. The van der Waals surface area contributed by atoms with E-state index in [-0.39, 0.29) is 5.54 Å². The van der Waals surface area contributed by atoms with Crippen molar-refractivity contribution in [2.24, 2.45) is 0 Å². The summed E-state index contributed by atoms with van der Waals surface area (Å²) in [5.41, 5.74) is 2.73. The fraction of sp³-hybridized carbons (Fsp3) is 0.682. The second-order valence-electron chi connectivity index (χ2n) is 8.34. The Morgan fingerprint density at radius 1 is 0.962 bits per heavy atom. The number of carbonyl (C=O) groups excluding carboxylic acids is 1. The van der Waals surface area contributed by atoms with Crippen molar-refractivity contribution in [3.8, 4) is 0 Å². The molecular weight excluding hydrogens is 322 g/mol. The molecule has 26 heavy (non-hydrogen) atoms. The number of benzene rings is 1. The van der Waals surface area contributed by atoms with E-state index < -0.39 is 0 Å². The molecule has 1 N–H and O–H groups in total. The zero-order valence-corrected chi connectivity index (χ0v) is 16.0. The lowest BCUT2D eigenvalue weighted by Crippen LogP contribution is -2.59. The third-order valence-corrected chi connectivity index (χ3v) is 6.74. The average Bonchev–Trinajstić information content (AvgIpc) is 3.24. The number of rotatable bonds is 5. The molecular formula is C22H33N3O. The Kier molecular flexibility index (Phi) is 5.60. The maximum Gasteiger partial charge on any atom is 0.240 e. The monoisotopic (exact) mass is 355 g/mol. The van der Waals surface area contributed by atoms with Crippen LogP contribution >= 0.6 is 0 Å². The smallest absolute Gasteiger partial charge is 0.240 e. The van der Waals surface area contributed by atoms with Crippen molar-refractivity contribution in [1.29, 1.82) is 0 Å². The van der Waals surface area contributed by atoms with Gasteiger partial charge in [0, 0.05) is 26.2 Å². The van der Waals surface area contributed by atoms with Crippen LogP contribution < -0.4 is 5.32 Å². The summed E-state index contributed by atoms with van der Waals surface area (Å²) in [6.07, 6.45) is 9.42. The molecule has 0 spiro atoms. The first-order valence-corrected chi connectivity index (χ1v) is 10.6. The maximum atomic E-state index is 13.2. The minimum absolute atomic E-state index is 0.205. The summed E-state index contributed by atoms with van der Waals surface area (Å²) < 4.78 is 0. The lowest BCUT2D eigenvalue weighted by molar-refractivity contribution is -0.135. The number of hydrogen-bond acceptors (Lipinski definition) is 3. The van der Waals surface area contributed by atoms with E-state index in [1.807, 2.05) is 0 Å². The van der Waals surface area contributed by atoms with Gasteiger partial charge in [0.25, 0.3) is 0 Å². The molecule has 1 aromatic carbocycles. The van der Waals surface area contributed by atoms with Gasteiger partial charge < -0.3 is 5.32 Å². The minimum Gasteiger partial charge on any atom is -0.353 e. The summed E-state index contributed by atoms with van der Waals surface area (Å²) in [6, 6.07) is 8.76. The second-order valence-corrected chi connectivity index (χ2v) is 8.34. The normalized spacial score (nSPS) is 23.5. The van der Waals surface area contributed by atoms with Crippen molar-refractivity contribution >= 4 is 5.91 Å². The number of nitrogens with one attached hydrogen (secondary N) is 1. The van der Waals surface area contributed by atoms with Crippen molar-refractivity contribution in [1.82, 2.24) is 15.1 Å². The molecule has 4 nitrogen and oxygen atoms in total. The molecule has 2 aliphatic heterocycles. The van der Waals surface area contributed by atoms with Crippen LogP contribution in [-0.4, -0.2) is 54.0 Å². The van der Waals surface area contributed by atoms with Gasteiger partial charge in [-0.1, -0.05) is 43.5 Å². The summed E-state index contributed by atoms with van der Waals surface area (Å²) in [5, 5.41) is 3.32. The number of fused-ring (bicyclic) bond motifs is 1. The van der Waals surface area contributed by atoms with Crippen LogP contribution in [0.5, 0.6) is 0 Å². The molecule has 0 bridgehead atoms. The standard InChI is InChI=1S/C22H33N3O/c26-21(22(11-4-1-5-12-22)25-14-6-7-15-25)23-13-17-24-16-10-19-8-2-3-9-20(19)18-24/h2-3,8-9H,1,4-7,10-18H2,(H,23,26). The molecule has 2 fully saturated rings. The Balaban J connectivity index is 1.31. The lowest BCUT2D eigenvalue weighted by atomic mass is 9.79. The molecule has 0 radical (unpaired) electrons. The van der Waals surface area contributed by atoms with E-state index in [1.54, 1.807) is 0 Å². The highest BCUT2D eigenvalue weighted by atomic mass is 16.2. The van der Waals surface area contributed by atoms with Gasteiger partial charge in [0.15, 0.2) is 0 Å². The van der Waals surface area contributed by atoms with E-state index in [1.165, 1.54) is 43.2 Å². The van der Waals surface area contributed by atoms with Crippen molar-refractivity contribution in [2.75, 3.05) is 32.7 Å². The van der Waals surface area contributed by atoms with Crippen LogP contribution in [0.15, 0.2) is 24.3 Å². The zero-order chi connectivity index (χ0) is 17.8. The molecule has 2 heterocycles. The summed E-state index contributed by atoms with van der Waals surface area (Å²) >= 11 is 0. The van der Waals surface area contributed by atoms with Gasteiger partial charge in [0.2, 0.25) is 5.91 Å². The Labute approximate surface area is 157 Å². The third-order valence-electron chi connectivity index (χ3n) is 6.74. The molecule has 4 heteroatoms.